The Kier molecular flexibility index (Phi) is 10.7. The zero-order valence-corrected chi connectivity index (χ0v) is 31.1. The average Bonchev–Trinajstić information content (AvgIpc) is 3.10. The number of piperazine rings is 1. The lowest BCUT2D eigenvalue weighted by molar-refractivity contribution is 0.0727. The third-order valence-electron chi connectivity index (χ3n) is 10.2. The molecule has 0 bridgehead atoms. The first-order chi connectivity index (χ1) is 24.2. The lowest BCUT2D eigenvalue weighted by Gasteiger charge is -2.41. The fourth-order valence-electron chi connectivity index (χ4n) is 7.33. The molecule has 2 aromatic carbocycles. The zero-order chi connectivity index (χ0) is 36.8. The van der Waals surface area contributed by atoms with Crippen LogP contribution < -0.4 is 20.1 Å². The van der Waals surface area contributed by atoms with E-state index in [0.29, 0.717) is 47.5 Å². The maximum atomic E-state index is 15.7. The SMILES string of the molecule is COC[C@H]1CN(c2cc(Cl)c3c4c(c(=O)oc3c2C)CN(C(=O)c2cc(N(C)C)c(C(=O)NS(=O)(=O)N3CCCCC3)cc2F)CC4)CCN1C. The molecule has 1 atom stereocenters. The highest BCUT2D eigenvalue weighted by molar-refractivity contribution is 7.87. The van der Waals surface area contributed by atoms with Crippen LogP contribution in [0.15, 0.2) is 27.4 Å². The van der Waals surface area contributed by atoms with Crippen LogP contribution in [-0.4, -0.2) is 115 Å². The maximum Gasteiger partial charge on any atom is 0.341 e. The van der Waals surface area contributed by atoms with Crippen LogP contribution in [0, 0.1) is 12.7 Å². The first-order valence-corrected chi connectivity index (χ1v) is 18.9. The van der Waals surface area contributed by atoms with E-state index in [1.54, 1.807) is 21.2 Å². The van der Waals surface area contributed by atoms with E-state index in [-0.39, 0.29) is 61.0 Å². The number of carbonyl (C=O) groups is 2. The number of nitrogens with zero attached hydrogens (tertiary/aromatic N) is 5. The number of ether oxygens (including phenoxy) is 1. The van der Waals surface area contributed by atoms with Crippen molar-refractivity contribution in [3.8, 4) is 0 Å². The average molecular weight is 747 g/mol. The third-order valence-corrected chi connectivity index (χ3v) is 12.0. The number of hydrogen-bond acceptors (Lipinski definition) is 10. The van der Waals surface area contributed by atoms with E-state index >= 15 is 4.39 Å². The van der Waals surface area contributed by atoms with E-state index in [9.17, 15) is 22.8 Å². The third kappa shape index (κ3) is 7.18. The van der Waals surface area contributed by atoms with E-state index in [1.165, 1.54) is 20.2 Å². The van der Waals surface area contributed by atoms with Crippen LogP contribution in [0.3, 0.4) is 0 Å². The van der Waals surface area contributed by atoms with Crippen molar-refractivity contribution in [3.05, 3.63) is 67.3 Å². The van der Waals surface area contributed by atoms with Crippen molar-refractivity contribution >= 4 is 56.0 Å². The molecule has 51 heavy (non-hydrogen) atoms. The van der Waals surface area contributed by atoms with Crippen molar-refractivity contribution in [3.63, 3.8) is 0 Å². The van der Waals surface area contributed by atoms with Gasteiger partial charge < -0.3 is 23.9 Å². The Hall–Kier alpha value is -3.76. The van der Waals surface area contributed by atoms with Crippen molar-refractivity contribution in [2.75, 3.05) is 83.9 Å². The first kappa shape index (κ1) is 37.0. The van der Waals surface area contributed by atoms with Gasteiger partial charge in [0.15, 0.2) is 0 Å². The number of methoxy groups -OCH3 is 1. The lowest BCUT2D eigenvalue weighted by Crippen LogP contribution is -2.53. The minimum Gasteiger partial charge on any atom is -0.422 e. The van der Waals surface area contributed by atoms with Gasteiger partial charge in [-0.05, 0) is 57.0 Å². The van der Waals surface area contributed by atoms with Gasteiger partial charge in [0.25, 0.3) is 11.8 Å². The van der Waals surface area contributed by atoms with Crippen molar-refractivity contribution in [2.24, 2.45) is 0 Å². The number of piperidine rings is 1. The summed E-state index contributed by atoms with van der Waals surface area (Å²) in [5.74, 6) is -2.69. The van der Waals surface area contributed by atoms with Gasteiger partial charge in [-0.3, -0.25) is 14.5 Å². The van der Waals surface area contributed by atoms with Gasteiger partial charge in [-0.25, -0.2) is 13.9 Å². The topological polar surface area (TPSA) is 136 Å². The van der Waals surface area contributed by atoms with Crippen LogP contribution in [-0.2, 0) is 27.9 Å². The van der Waals surface area contributed by atoms with E-state index in [4.69, 9.17) is 20.8 Å². The van der Waals surface area contributed by atoms with Gasteiger partial charge in [-0.1, -0.05) is 18.0 Å². The molecule has 0 radical (unpaired) electrons. The molecule has 3 aliphatic rings. The summed E-state index contributed by atoms with van der Waals surface area (Å²) < 4.78 is 56.0. The number of fused-ring (bicyclic) bond motifs is 3. The summed E-state index contributed by atoms with van der Waals surface area (Å²) in [6.07, 6.45) is 2.55. The van der Waals surface area contributed by atoms with E-state index < -0.39 is 33.5 Å². The Labute approximate surface area is 302 Å². The number of likely N-dealkylation sites (N-methyl/N-ethyl adjacent to an activating group) is 1. The molecular weight excluding hydrogens is 703 g/mol. The molecule has 1 N–H and O–H groups in total. The molecule has 2 amide bonds. The smallest absolute Gasteiger partial charge is 0.341 e. The summed E-state index contributed by atoms with van der Waals surface area (Å²) in [5.41, 5.74) is 2.03. The normalized spacial score (nSPS) is 18.9. The minimum absolute atomic E-state index is 0.131. The molecule has 16 heteroatoms. The molecule has 0 unspecified atom stereocenters. The highest BCUT2D eigenvalue weighted by atomic mass is 35.5. The second-order valence-electron chi connectivity index (χ2n) is 13.7. The molecule has 3 aliphatic heterocycles. The van der Waals surface area contributed by atoms with Crippen molar-refractivity contribution in [1.29, 1.82) is 0 Å². The molecule has 2 saturated heterocycles. The zero-order valence-electron chi connectivity index (χ0n) is 29.6. The number of nitrogens with one attached hydrogen (secondary N) is 1. The molecule has 1 aromatic heterocycles. The second kappa shape index (κ2) is 14.7. The Balaban J connectivity index is 1.27. The van der Waals surface area contributed by atoms with Gasteiger partial charge in [0.2, 0.25) is 0 Å². The molecule has 6 rings (SSSR count). The summed E-state index contributed by atoms with van der Waals surface area (Å²) in [6, 6.07) is 4.20. The fraction of sp³-hybridized carbons (Fsp3) is 0.514. The van der Waals surface area contributed by atoms with Crippen molar-refractivity contribution in [2.45, 2.75) is 45.2 Å². The predicted molar refractivity (Wildman–Crippen MR) is 194 cm³/mol. The summed E-state index contributed by atoms with van der Waals surface area (Å²) in [6.45, 7) is 5.41. The molecule has 3 aromatic rings. The van der Waals surface area contributed by atoms with E-state index in [1.807, 2.05) is 13.0 Å². The van der Waals surface area contributed by atoms with Gasteiger partial charge in [0.1, 0.15) is 11.4 Å². The number of hydrogen-bond donors (Lipinski definition) is 1. The van der Waals surface area contributed by atoms with Gasteiger partial charge in [0.05, 0.1) is 46.6 Å². The second-order valence-corrected chi connectivity index (χ2v) is 15.8. The van der Waals surface area contributed by atoms with Crippen LogP contribution in [0.5, 0.6) is 0 Å². The largest absolute Gasteiger partial charge is 0.422 e. The van der Waals surface area contributed by atoms with Crippen LogP contribution in [0.25, 0.3) is 11.0 Å². The van der Waals surface area contributed by atoms with Crippen molar-refractivity contribution in [1.82, 2.24) is 18.8 Å². The highest BCUT2D eigenvalue weighted by Gasteiger charge is 2.33. The fourth-order valence-corrected chi connectivity index (χ4v) is 8.85. The number of anilines is 2. The standard InChI is InChI=1S/C35H44ClFN6O7S/c1-21-29(41-14-13-40(4)22(18-41)20-49-5)17-27(36)31-23-9-12-42(19-26(23)35(46)50-32(21)31)34(45)24-16-30(39(2)3)25(15-28(24)37)33(44)38-51(47,48)43-10-7-6-8-11-43/h15-17,22H,6-14,18-20H2,1-5H3,(H,38,44)/t22-/m1/s1. The van der Waals surface area contributed by atoms with Crippen LogP contribution in [0.4, 0.5) is 15.8 Å². The highest BCUT2D eigenvalue weighted by Crippen LogP contribution is 2.39. The van der Waals surface area contributed by atoms with Gasteiger partial charge in [0, 0.05) is 77.1 Å². The molecule has 4 heterocycles. The van der Waals surface area contributed by atoms with Crippen molar-refractivity contribution < 1.29 is 31.6 Å². The van der Waals surface area contributed by atoms with E-state index in [0.717, 1.165) is 36.8 Å². The number of carbonyl (C=O) groups excluding carboxylic acids is 2. The summed E-state index contributed by atoms with van der Waals surface area (Å²) >= 11 is 6.92. The monoisotopic (exact) mass is 746 g/mol. The summed E-state index contributed by atoms with van der Waals surface area (Å²) in [4.78, 5) is 47.9. The lowest BCUT2D eigenvalue weighted by atomic mass is 9.94. The molecular formula is C35H44ClFN6O7S. The molecule has 2 fully saturated rings. The Bertz CT molecular complexity index is 2040. The molecule has 0 spiro atoms. The number of halogens is 2. The van der Waals surface area contributed by atoms with Crippen LogP contribution in [0.2, 0.25) is 5.02 Å². The Morgan fingerprint density at radius 3 is 2.47 bits per heavy atom. The number of benzene rings is 2. The quantitative estimate of drug-likeness (QED) is 0.342. The first-order valence-electron chi connectivity index (χ1n) is 17.1. The van der Waals surface area contributed by atoms with Gasteiger partial charge in [-0.2, -0.15) is 12.7 Å². The number of amides is 2. The molecule has 0 aliphatic carbocycles. The Morgan fingerprint density at radius 1 is 1.06 bits per heavy atom. The Morgan fingerprint density at radius 2 is 1.78 bits per heavy atom. The maximum absolute atomic E-state index is 15.7. The van der Waals surface area contributed by atoms with Gasteiger partial charge >= 0.3 is 15.8 Å². The van der Waals surface area contributed by atoms with Crippen LogP contribution >= 0.6 is 11.6 Å². The number of aryl methyl sites for hydroxylation is 1. The predicted octanol–water partition coefficient (Wildman–Crippen LogP) is 3.39. The molecule has 0 saturated carbocycles. The summed E-state index contributed by atoms with van der Waals surface area (Å²) in [5, 5.41) is 1.06. The molecule has 13 nitrogen and oxygen atoms in total. The van der Waals surface area contributed by atoms with Gasteiger partial charge in [-0.15, -0.1) is 0 Å². The number of rotatable bonds is 8. The van der Waals surface area contributed by atoms with Crippen LogP contribution in [0.1, 0.15) is 56.7 Å². The molecule has 276 valence electrons. The summed E-state index contributed by atoms with van der Waals surface area (Å²) in [7, 11) is 2.81. The van der Waals surface area contributed by atoms with E-state index in [2.05, 4.69) is 21.6 Å². The minimum atomic E-state index is -4.14.